The van der Waals surface area contributed by atoms with Crippen LogP contribution in [0.25, 0.3) is 11.0 Å². The van der Waals surface area contributed by atoms with E-state index in [1.165, 1.54) is 0 Å². The molecule has 3 heterocycles. The number of aromatic nitrogens is 2. The molecule has 0 bridgehead atoms. The van der Waals surface area contributed by atoms with Crippen molar-refractivity contribution in [3.63, 3.8) is 0 Å². The second kappa shape index (κ2) is 8.90. The number of amidine groups is 1. The molecular formula is C27H32BN5O5S. The van der Waals surface area contributed by atoms with E-state index in [0.717, 1.165) is 35.9 Å². The number of benzene rings is 2. The molecule has 0 unspecified atom stereocenters. The van der Waals surface area contributed by atoms with Gasteiger partial charge in [0.1, 0.15) is 4.90 Å². The number of rotatable bonds is 5. The van der Waals surface area contributed by atoms with Gasteiger partial charge in [-0.05, 0) is 83.1 Å². The number of aromatic amines is 1. The quantitative estimate of drug-likeness (QED) is 0.297. The number of hydrazone groups is 1. The van der Waals surface area contributed by atoms with Crippen molar-refractivity contribution in [1.82, 2.24) is 14.6 Å². The van der Waals surface area contributed by atoms with Gasteiger partial charge in [0.05, 0.1) is 28.5 Å². The molecule has 3 aromatic rings. The van der Waals surface area contributed by atoms with Crippen LogP contribution in [-0.4, -0.2) is 59.9 Å². The zero-order chi connectivity index (χ0) is 27.7. The fraction of sp³-hybridized carbons (Fsp3) is 0.444. The predicted molar refractivity (Wildman–Crippen MR) is 151 cm³/mol. The summed E-state index contributed by atoms with van der Waals surface area (Å²) in [6.07, 6.45) is 4.79. The van der Waals surface area contributed by atoms with Crippen LogP contribution in [0.2, 0.25) is 0 Å². The van der Waals surface area contributed by atoms with Gasteiger partial charge in [0.2, 0.25) is 0 Å². The Morgan fingerprint density at radius 1 is 1.15 bits per heavy atom. The minimum Gasteiger partial charge on any atom is -0.399 e. The lowest BCUT2D eigenvalue weighted by Gasteiger charge is -2.32. The third-order valence-corrected chi connectivity index (χ3v) is 9.64. The molecule has 6 rings (SSSR count). The fourth-order valence-electron chi connectivity index (χ4n) is 5.11. The molecule has 1 saturated heterocycles. The zero-order valence-electron chi connectivity index (χ0n) is 22.8. The highest BCUT2D eigenvalue weighted by Gasteiger charge is 2.52. The van der Waals surface area contributed by atoms with Crippen LogP contribution in [0, 0.1) is 0 Å². The normalized spacial score (nSPS) is 21.4. The van der Waals surface area contributed by atoms with Gasteiger partial charge < -0.3 is 14.3 Å². The first-order valence-corrected chi connectivity index (χ1v) is 14.7. The average Bonchev–Trinajstić information content (AvgIpc) is 3.38. The van der Waals surface area contributed by atoms with E-state index in [1.807, 2.05) is 63.5 Å². The molecule has 0 amide bonds. The van der Waals surface area contributed by atoms with Crippen molar-refractivity contribution in [2.24, 2.45) is 9.50 Å². The van der Waals surface area contributed by atoms with Crippen LogP contribution in [0.5, 0.6) is 0 Å². The fourth-order valence-corrected chi connectivity index (χ4v) is 6.35. The second-order valence-corrected chi connectivity index (χ2v) is 12.9. The van der Waals surface area contributed by atoms with Crippen molar-refractivity contribution in [3.8, 4) is 0 Å². The van der Waals surface area contributed by atoms with Crippen molar-refractivity contribution in [3.05, 3.63) is 58.0 Å². The summed E-state index contributed by atoms with van der Waals surface area (Å²) in [5.41, 5.74) is 2.35. The van der Waals surface area contributed by atoms with Gasteiger partial charge in [-0.2, -0.15) is 13.5 Å². The van der Waals surface area contributed by atoms with Crippen LogP contribution in [0.15, 0.2) is 55.6 Å². The summed E-state index contributed by atoms with van der Waals surface area (Å²) in [7, 11) is -4.60. The summed E-state index contributed by atoms with van der Waals surface area (Å²) in [5.74, 6) is 0.262. The number of sulfonamides is 1. The van der Waals surface area contributed by atoms with E-state index in [9.17, 15) is 13.2 Å². The van der Waals surface area contributed by atoms with E-state index in [0.29, 0.717) is 17.6 Å². The van der Waals surface area contributed by atoms with E-state index in [-0.39, 0.29) is 22.5 Å². The number of hydrogen-bond acceptors (Lipinski definition) is 7. The lowest BCUT2D eigenvalue weighted by atomic mass is 9.79. The Kier molecular flexibility index (Phi) is 5.94. The van der Waals surface area contributed by atoms with Crippen molar-refractivity contribution >= 4 is 45.7 Å². The molecule has 1 N–H and O–H groups in total. The van der Waals surface area contributed by atoms with E-state index in [4.69, 9.17) is 9.31 Å². The lowest BCUT2D eigenvalue weighted by molar-refractivity contribution is 0.00578. The average molecular weight is 549 g/mol. The highest BCUT2D eigenvalue weighted by Crippen LogP contribution is 2.37. The second-order valence-electron chi connectivity index (χ2n) is 11.4. The standard InChI is InChI=1S/C27H32BN5O5S/c1-6-32(29-16-17-10-13-21-22(14-17)33(25(34)30-21)19-8-7-9-19)24-20-12-11-18(15-23(20)39(35,36)31-24)28-37-26(2,3)27(4,5)38-28/h10-16,19H,6-9H2,1-5H3,(H,30,34)/b29-16+. The molecule has 1 aromatic heterocycles. The number of hydrogen-bond donors (Lipinski definition) is 1. The van der Waals surface area contributed by atoms with E-state index < -0.39 is 28.3 Å². The first-order valence-electron chi connectivity index (χ1n) is 13.3. The SMILES string of the molecule is CCN(/N=C/c1ccc2[nH]c(=O)n(C3CCC3)c2c1)C1=NS(=O)(=O)c2cc(B3OC(C)(C)C(C)(C)O3)ccc21. The summed E-state index contributed by atoms with van der Waals surface area (Å²) in [6.45, 7) is 10.1. The molecule has 39 heavy (non-hydrogen) atoms. The Morgan fingerprint density at radius 3 is 2.51 bits per heavy atom. The molecule has 2 fully saturated rings. The van der Waals surface area contributed by atoms with Gasteiger partial charge in [-0.15, -0.1) is 4.40 Å². The Bertz CT molecular complexity index is 1680. The first kappa shape index (κ1) is 26.0. The lowest BCUT2D eigenvalue weighted by Crippen LogP contribution is -2.41. The molecule has 1 aliphatic carbocycles. The molecule has 204 valence electrons. The highest BCUT2D eigenvalue weighted by molar-refractivity contribution is 7.90. The number of nitrogens with one attached hydrogen (secondary N) is 1. The van der Waals surface area contributed by atoms with E-state index >= 15 is 0 Å². The van der Waals surface area contributed by atoms with Crippen LogP contribution >= 0.6 is 0 Å². The molecule has 10 nitrogen and oxygen atoms in total. The van der Waals surface area contributed by atoms with Crippen LogP contribution in [0.1, 0.15) is 71.0 Å². The van der Waals surface area contributed by atoms with E-state index in [2.05, 4.69) is 14.5 Å². The van der Waals surface area contributed by atoms with Crippen LogP contribution in [0.4, 0.5) is 0 Å². The number of imidazole rings is 1. The molecular weight excluding hydrogens is 517 g/mol. The minimum atomic E-state index is -3.92. The molecule has 12 heteroatoms. The smallest absolute Gasteiger partial charge is 0.399 e. The highest BCUT2D eigenvalue weighted by atomic mass is 32.2. The Labute approximate surface area is 227 Å². The largest absolute Gasteiger partial charge is 0.494 e. The Morgan fingerprint density at radius 2 is 1.87 bits per heavy atom. The summed E-state index contributed by atoms with van der Waals surface area (Å²) in [4.78, 5) is 15.5. The topological polar surface area (TPSA) is 118 Å². The Balaban J connectivity index is 1.29. The maximum absolute atomic E-state index is 13.1. The summed E-state index contributed by atoms with van der Waals surface area (Å²) in [5, 5.41) is 6.15. The molecule has 2 aliphatic heterocycles. The predicted octanol–water partition coefficient (Wildman–Crippen LogP) is 3.16. The molecule has 0 radical (unpaired) electrons. The summed E-state index contributed by atoms with van der Waals surface area (Å²) >= 11 is 0. The van der Waals surface area contributed by atoms with Gasteiger partial charge in [-0.25, -0.2) is 9.80 Å². The first-order chi connectivity index (χ1) is 18.4. The minimum absolute atomic E-state index is 0.0963. The summed E-state index contributed by atoms with van der Waals surface area (Å²) in [6, 6.07) is 11.0. The zero-order valence-corrected chi connectivity index (χ0v) is 23.6. The van der Waals surface area contributed by atoms with Gasteiger partial charge in [0.25, 0.3) is 10.0 Å². The number of nitrogens with zero attached hydrogens (tertiary/aromatic N) is 4. The van der Waals surface area contributed by atoms with Gasteiger partial charge >= 0.3 is 12.8 Å². The molecule has 2 aromatic carbocycles. The van der Waals surface area contributed by atoms with Gasteiger partial charge in [-0.1, -0.05) is 18.2 Å². The maximum atomic E-state index is 13.1. The molecule has 3 aliphatic rings. The summed E-state index contributed by atoms with van der Waals surface area (Å²) < 4.78 is 44.3. The van der Waals surface area contributed by atoms with Crippen molar-refractivity contribution in [2.45, 2.75) is 76.0 Å². The van der Waals surface area contributed by atoms with Gasteiger partial charge in [0, 0.05) is 18.2 Å². The monoisotopic (exact) mass is 549 g/mol. The molecule has 1 saturated carbocycles. The van der Waals surface area contributed by atoms with Crippen molar-refractivity contribution in [1.29, 1.82) is 0 Å². The molecule has 0 spiro atoms. The van der Waals surface area contributed by atoms with Crippen molar-refractivity contribution < 1.29 is 17.7 Å². The van der Waals surface area contributed by atoms with Gasteiger partial charge in [-0.3, -0.25) is 4.57 Å². The van der Waals surface area contributed by atoms with Crippen LogP contribution < -0.4 is 11.2 Å². The maximum Gasteiger partial charge on any atom is 0.494 e. The molecule has 0 atom stereocenters. The number of fused-ring (bicyclic) bond motifs is 2. The van der Waals surface area contributed by atoms with Crippen LogP contribution in [-0.2, 0) is 19.3 Å². The van der Waals surface area contributed by atoms with Gasteiger partial charge in [0.15, 0.2) is 5.84 Å². The number of H-pyrrole nitrogens is 1. The van der Waals surface area contributed by atoms with E-state index in [1.54, 1.807) is 23.4 Å². The third kappa shape index (κ3) is 4.25. The van der Waals surface area contributed by atoms with Crippen LogP contribution in [0.3, 0.4) is 0 Å². The Hall–Kier alpha value is -3.22. The third-order valence-electron chi connectivity index (χ3n) is 8.33. The van der Waals surface area contributed by atoms with Crippen molar-refractivity contribution in [2.75, 3.05) is 6.54 Å².